The summed E-state index contributed by atoms with van der Waals surface area (Å²) >= 11 is 5.45. The molecular weight excluding hydrogens is 347 g/mol. The molecule has 2 aromatic rings. The molecule has 0 spiro atoms. The third-order valence-corrected chi connectivity index (χ3v) is 5.31. The van der Waals surface area contributed by atoms with Gasteiger partial charge in [0.1, 0.15) is 5.82 Å². The van der Waals surface area contributed by atoms with Gasteiger partial charge in [0.25, 0.3) is 0 Å². The minimum Gasteiger partial charge on any atom is -0.361 e. The number of nitrogens with zero attached hydrogens (tertiary/aromatic N) is 2. The van der Waals surface area contributed by atoms with Gasteiger partial charge in [-0.3, -0.25) is 0 Å². The van der Waals surface area contributed by atoms with Crippen LogP contribution in [0.2, 0.25) is 0 Å². The molecule has 1 aromatic heterocycles. The molecule has 3 rings (SSSR count). The Morgan fingerprint density at radius 3 is 2.31 bits per heavy atom. The maximum absolute atomic E-state index is 13.3. The van der Waals surface area contributed by atoms with Crippen LogP contribution in [0.3, 0.4) is 0 Å². The molecule has 26 heavy (non-hydrogen) atoms. The van der Waals surface area contributed by atoms with E-state index in [1.54, 1.807) is 12.1 Å². The van der Waals surface area contributed by atoms with E-state index in [1.807, 2.05) is 32.0 Å². The first-order valence-electron chi connectivity index (χ1n) is 9.10. The number of halogens is 1. The van der Waals surface area contributed by atoms with Crippen molar-refractivity contribution in [2.45, 2.75) is 51.4 Å². The molecular formula is C20H25FN4S. The average Bonchev–Trinajstić information content (AvgIpc) is 2.60. The summed E-state index contributed by atoms with van der Waals surface area (Å²) in [5.74, 6) is 0.316. The molecule has 0 atom stereocenters. The standard InChI is InChI=1S/C20H25FN4S/c1-14-12-15(2)24-18(23-14)25-19(26)22-13-20(10-4-3-5-11-20)16-6-8-17(21)9-7-16/h6-9,12H,3-5,10-11,13H2,1-2H3,(H2,22,23,24,25,26). The van der Waals surface area contributed by atoms with E-state index in [9.17, 15) is 4.39 Å². The topological polar surface area (TPSA) is 49.8 Å². The average molecular weight is 373 g/mol. The predicted octanol–water partition coefficient (Wildman–Crippen LogP) is 4.42. The van der Waals surface area contributed by atoms with Crippen molar-refractivity contribution in [3.05, 3.63) is 53.1 Å². The molecule has 0 unspecified atom stereocenters. The van der Waals surface area contributed by atoms with E-state index < -0.39 is 0 Å². The molecule has 1 saturated carbocycles. The van der Waals surface area contributed by atoms with Crippen LogP contribution >= 0.6 is 12.2 Å². The van der Waals surface area contributed by atoms with E-state index in [2.05, 4.69) is 20.6 Å². The van der Waals surface area contributed by atoms with Gasteiger partial charge in [0.05, 0.1) is 0 Å². The number of aryl methyl sites for hydroxylation is 2. The number of aromatic nitrogens is 2. The molecule has 0 amide bonds. The summed E-state index contributed by atoms with van der Waals surface area (Å²) in [6.45, 7) is 4.58. The molecule has 0 saturated heterocycles. The van der Waals surface area contributed by atoms with Crippen molar-refractivity contribution in [3.63, 3.8) is 0 Å². The zero-order valence-corrected chi connectivity index (χ0v) is 16.1. The van der Waals surface area contributed by atoms with Gasteiger partial charge in [-0.25, -0.2) is 14.4 Å². The second kappa shape index (κ2) is 8.08. The van der Waals surface area contributed by atoms with Crippen LogP contribution in [0.1, 0.15) is 49.1 Å². The zero-order chi connectivity index (χ0) is 18.6. The number of benzene rings is 1. The summed E-state index contributed by atoms with van der Waals surface area (Å²) in [6.07, 6.45) is 5.77. The van der Waals surface area contributed by atoms with Crippen LogP contribution in [0.25, 0.3) is 0 Å². The van der Waals surface area contributed by atoms with Crippen LogP contribution in [0, 0.1) is 19.7 Å². The molecule has 4 nitrogen and oxygen atoms in total. The monoisotopic (exact) mass is 372 g/mol. The number of rotatable bonds is 4. The molecule has 138 valence electrons. The van der Waals surface area contributed by atoms with E-state index in [0.717, 1.165) is 30.8 Å². The van der Waals surface area contributed by atoms with Gasteiger partial charge in [0, 0.05) is 23.3 Å². The summed E-state index contributed by atoms with van der Waals surface area (Å²) < 4.78 is 13.3. The Morgan fingerprint density at radius 1 is 1.08 bits per heavy atom. The van der Waals surface area contributed by atoms with Gasteiger partial charge < -0.3 is 10.6 Å². The molecule has 6 heteroatoms. The van der Waals surface area contributed by atoms with Crippen LogP contribution in [0.4, 0.5) is 10.3 Å². The van der Waals surface area contributed by atoms with E-state index in [4.69, 9.17) is 12.2 Å². The highest BCUT2D eigenvalue weighted by molar-refractivity contribution is 7.80. The van der Waals surface area contributed by atoms with Crippen LogP contribution in [-0.4, -0.2) is 21.6 Å². The van der Waals surface area contributed by atoms with E-state index >= 15 is 0 Å². The number of anilines is 1. The van der Waals surface area contributed by atoms with E-state index in [-0.39, 0.29) is 11.2 Å². The molecule has 1 heterocycles. The lowest BCUT2D eigenvalue weighted by atomic mass is 9.69. The van der Waals surface area contributed by atoms with Gasteiger partial charge in [-0.2, -0.15) is 0 Å². The third kappa shape index (κ3) is 4.55. The largest absolute Gasteiger partial charge is 0.361 e. The molecule has 1 aliphatic rings. The summed E-state index contributed by atoms with van der Waals surface area (Å²) in [4.78, 5) is 8.73. The third-order valence-electron chi connectivity index (χ3n) is 5.06. The molecule has 1 aliphatic carbocycles. The van der Waals surface area contributed by atoms with Crippen LogP contribution in [-0.2, 0) is 5.41 Å². The first-order chi connectivity index (χ1) is 12.5. The van der Waals surface area contributed by atoms with Crippen LogP contribution in [0.5, 0.6) is 0 Å². The van der Waals surface area contributed by atoms with Crippen molar-refractivity contribution < 1.29 is 4.39 Å². The lowest BCUT2D eigenvalue weighted by Crippen LogP contribution is -2.43. The molecule has 1 aromatic carbocycles. The van der Waals surface area contributed by atoms with Crippen molar-refractivity contribution in [3.8, 4) is 0 Å². The quantitative estimate of drug-likeness (QED) is 0.778. The highest BCUT2D eigenvalue weighted by Gasteiger charge is 2.34. The number of hydrogen-bond donors (Lipinski definition) is 2. The fraction of sp³-hybridized carbons (Fsp3) is 0.450. The molecule has 1 fully saturated rings. The Balaban J connectivity index is 1.69. The highest BCUT2D eigenvalue weighted by Crippen LogP contribution is 2.39. The molecule has 0 radical (unpaired) electrons. The molecule has 2 N–H and O–H groups in total. The summed E-state index contributed by atoms with van der Waals surface area (Å²) in [5, 5.41) is 6.94. The first-order valence-corrected chi connectivity index (χ1v) is 9.51. The smallest absolute Gasteiger partial charge is 0.229 e. The molecule has 0 bridgehead atoms. The van der Waals surface area contributed by atoms with Crippen molar-refractivity contribution in [1.82, 2.24) is 15.3 Å². The van der Waals surface area contributed by atoms with Gasteiger partial charge in [-0.1, -0.05) is 31.4 Å². The normalized spacial score (nSPS) is 16.1. The van der Waals surface area contributed by atoms with Gasteiger partial charge in [-0.15, -0.1) is 0 Å². The Kier molecular flexibility index (Phi) is 5.81. The summed E-state index contributed by atoms with van der Waals surface area (Å²) in [7, 11) is 0. The van der Waals surface area contributed by atoms with Gasteiger partial charge in [0.15, 0.2) is 5.11 Å². The lowest BCUT2D eigenvalue weighted by molar-refractivity contribution is 0.292. The van der Waals surface area contributed by atoms with Crippen molar-refractivity contribution >= 4 is 23.3 Å². The second-order valence-corrected chi connectivity index (χ2v) is 7.54. The Labute approximate surface area is 159 Å². The maximum Gasteiger partial charge on any atom is 0.229 e. The lowest BCUT2D eigenvalue weighted by Gasteiger charge is -2.38. The Morgan fingerprint density at radius 2 is 1.69 bits per heavy atom. The highest BCUT2D eigenvalue weighted by atomic mass is 32.1. The minimum atomic E-state index is -0.197. The van der Waals surface area contributed by atoms with Gasteiger partial charge in [-0.05, 0) is 62.7 Å². The van der Waals surface area contributed by atoms with Crippen molar-refractivity contribution in [2.24, 2.45) is 0 Å². The Hall–Kier alpha value is -2.08. The van der Waals surface area contributed by atoms with Gasteiger partial charge in [0.2, 0.25) is 5.95 Å². The fourth-order valence-corrected chi connectivity index (χ4v) is 3.94. The number of hydrogen-bond acceptors (Lipinski definition) is 3. The zero-order valence-electron chi connectivity index (χ0n) is 15.3. The molecule has 0 aliphatic heterocycles. The van der Waals surface area contributed by atoms with Crippen molar-refractivity contribution in [2.75, 3.05) is 11.9 Å². The SMILES string of the molecule is Cc1cc(C)nc(NC(=S)NCC2(c3ccc(F)cc3)CCCCC2)n1. The number of thiocarbonyl (C=S) groups is 1. The Bertz CT molecular complexity index is 750. The van der Waals surface area contributed by atoms with Gasteiger partial charge >= 0.3 is 0 Å². The van der Waals surface area contributed by atoms with E-state index in [1.165, 1.54) is 24.8 Å². The number of nitrogens with one attached hydrogen (secondary N) is 2. The summed E-state index contributed by atoms with van der Waals surface area (Å²) in [5.41, 5.74) is 2.97. The summed E-state index contributed by atoms with van der Waals surface area (Å²) in [6, 6.07) is 8.84. The fourth-order valence-electron chi connectivity index (χ4n) is 3.78. The van der Waals surface area contributed by atoms with Crippen LogP contribution < -0.4 is 10.6 Å². The van der Waals surface area contributed by atoms with Crippen LogP contribution in [0.15, 0.2) is 30.3 Å². The second-order valence-electron chi connectivity index (χ2n) is 7.13. The predicted molar refractivity (Wildman–Crippen MR) is 107 cm³/mol. The maximum atomic E-state index is 13.3. The van der Waals surface area contributed by atoms with Crippen molar-refractivity contribution in [1.29, 1.82) is 0 Å². The first kappa shape index (κ1) is 18.7. The van der Waals surface area contributed by atoms with E-state index in [0.29, 0.717) is 11.1 Å². The minimum absolute atomic E-state index is 0.0128.